The van der Waals surface area contributed by atoms with Gasteiger partial charge in [0.25, 0.3) is 0 Å². The molecule has 0 bridgehead atoms. The number of nitrogens with zero attached hydrogens (tertiary/aromatic N) is 2. The average Bonchev–Trinajstić information content (AvgIpc) is 2.70. The van der Waals surface area contributed by atoms with E-state index in [-0.39, 0.29) is 0 Å². The topological polar surface area (TPSA) is 39.1 Å². The lowest BCUT2D eigenvalue weighted by molar-refractivity contribution is 0.398. The standard InChI is InChI=1S/C13H25N3O/c1-5-7-16-12(13(17-4)10-15-16)8-11(3)9-14-6-2/h10-11,14H,5-9H2,1-4H3. The normalized spacial score (nSPS) is 12.7. The third-order valence-electron chi connectivity index (χ3n) is 2.85. The van der Waals surface area contributed by atoms with Crippen molar-refractivity contribution in [3.05, 3.63) is 11.9 Å². The smallest absolute Gasteiger partial charge is 0.159 e. The first-order valence-electron chi connectivity index (χ1n) is 6.52. The molecule has 0 aliphatic rings. The summed E-state index contributed by atoms with van der Waals surface area (Å²) in [6.07, 6.45) is 3.93. The fourth-order valence-electron chi connectivity index (χ4n) is 1.97. The molecular weight excluding hydrogens is 214 g/mol. The van der Waals surface area contributed by atoms with Crippen LogP contribution in [0.1, 0.15) is 32.9 Å². The molecule has 17 heavy (non-hydrogen) atoms. The molecule has 1 unspecified atom stereocenters. The zero-order valence-corrected chi connectivity index (χ0v) is 11.5. The predicted octanol–water partition coefficient (Wildman–Crippen LogP) is 2.09. The summed E-state index contributed by atoms with van der Waals surface area (Å²) < 4.78 is 7.44. The minimum atomic E-state index is 0.594. The van der Waals surface area contributed by atoms with Crippen LogP contribution in [0.5, 0.6) is 5.75 Å². The summed E-state index contributed by atoms with van der Waals surface area (Å²) in [7, 11) is 1.71. The molecule has 1 N–H and O–H groups in total. The van der Waals surface area contributed by atoms with Gasteiger partial charge in [-0.25, -0.2) is 0 Å². The van der Waals surface area contributed by atoms with Crippen LogP contribution in [-0.4, -0.2) is 30.0 Å². The second-order valence-electron chi connectivity index (χ2n) is 4.50. The van der Waals surface area contributed by atoms with Crippen LogP contribution in [-0.2, 0) is 13.0 Å². The van der Waals surface area contributed by atoms with E-state index in [9.17, 15) is 0 Å². The van der Waals surface area contributed by atoms with Crippen LogP contribution < -0.4 is 10.1 Å². The highest BCUT2D eigenvalue weighted by Gasteiger charge is 2.14. The zero-order chi connectivity index (χ0) is 12.7. The SMILES string of the molecule is CCCn1ncc(OC)c1CC(C)CNCC. The first kappa shape index (κ1) is 14.0. The molecule has 0 aliphatic heterocycles. The highest BCUT2D eigenvalue weighted by Crippen LogP contribution is 2.21. The van der Waals surface area contributed by atoms with Crippen molar-refractivity contribution in [3.63, 3.8) is 0 Å². The third-order valence-corrected chi connectivity index (χ3v) is 2.85. The van der Waals surface area contributed by atoms with Gasteiger partial charge in [0, 0.05) is 6.54 Å². The lowest BCUT2D eigenvalue weighted by Crippen LogP contribution is -2.23. The summed E-state index contributed by atoms with van der Waals surface area (Å²) in [5, 5.41) is 7.76. The van der Waals surface area contributed by atoms with Gasteiger partial charge in [-0.05, 0) is 31.8 Å². The van der Waals surface area contributed by atoms with Gasteiger partial charge in [-0.3, -0.25) is 4.68 Å². The van der Waals surface area contributed by atoms with Crippen LogP contribution in [0.3, 0.4) is 0 Å². The molecule has 4 heteroatoms. The highest BCUT2D eigenvalue weighted by atomic mass is 16.5. The third kappa shape index (κ3) is 4.04. The van der Waals surface area contributed by atoms with Gasteiger partial charge < -0.3 is 10.1 Å². The molecule has 1 atom stereocenters. The van der Waals surface area contributed by atoms with E-state index in [2.05, 4.69) is 35.9 Å². The molecule has 0 fully saturated rings. The Kier molecular flexibility index (Phi) is 6.05. The number of rotatable bonds is 8. The van der Waals surface area contributed by atoms with Crippen LogP contribution in [0.2, 0.25) is 0 Å². The predicted molar refractivity (Wildman–Crippen MR) is 70.5 cm³/mol. The zero-order valence-electron chi connectivity index (χ0n) is 11.5. The van der Waals surface area contributed by atoms with Crippen molar-refractivity contribution in [2.75, 3.05) is 20.2 Å². The van der Waals surface area contributed by atoms with Crippen LogP contribution >= 0.6 is 0 Å². The number of aromatic nitrogens is 2. The molecule has 4 nitrogen and oxygen atoms in total. The van der Waals surface area contributed by atoms with Crippen molar-refractivity contribution in [2.24, 2.45) is 5.92 Å². The quantitative estimate of drug-likeness (QED) is 0.755. The van der Waals surface area contributed by atoms with Crippen molar-refractivity contribution in [2.45, 2.75) is 40.2 Å². The monoisotopic (exact) mass is 239 g/mol. The fraction of sp³-hybridized carbons (Fsp3) is 0.769. The van der Waals surface area contributed by atoms with E-state index < -0.39 is 0 Å². The number of aryl methyl sites for hydroxylation is 1. The van der Waals surface area contributed by atoms with Crippen LogP contribution in [0, 0.1) is 5.92 Å². The van der Waals surface area contributed by atoms with Crippen LogP contribution in [0.15, 0.2) is 6.20 Å². The number of ether oxygens (including phenoxy) is 1. The molecule has 0 aliphatic carbocycles. The van der Waals surface area contributed by atoms with Gasteiger partial charge >= 0.3 is 0 Å². The Hall–Kier alpha value is -1.03. The molecule has 98 valence electrons. The second-order valence-corrected chi connectivity index (χ2v) is 4.50. The first-order chi connectivity index (χ1) is 8.22. The maximum absolute atomic E-state index is 5.37. The molecule has 0 radical (unpaired) electrons. The summed E-state index contributed by atoms with van der Waals surface area (Å²) in [4.78, 5) is 0. The Morgan fingerprint density at radius 3 is 2.82 bits per heavy atom. The highest BCUT2D eigenvalue weighted by molar-refractivity contribution is 5.25. The molecule has 0 aromatic carbocycles. The van der Waals surface area contributed by atoms with Crippen molar-refractivity contribution >= 4 is 0 Å². The van der Waals surface area contributed by atoms with E-state index >= 15 is 0 Å². The molecule has 0 saturated heterocycles. The number of hydrogen-bond acceptors (Lipinski definition) is 3. The summed E-state index contributed by atoms with van der Waals surface area (Å²) in [6.45, 7) is 9.58. The molecule has 0 amide bonds. The molecule has 0 spiro atoms. The van der Waals surface area contributed by atoms with Gasteiger partial charge in [0.15, 0.2) is 5.75 Å². The maximum Gasteiger partial charge on any atom is 0.159 e. The second kappa shape index (κ2) is 7.33. The molecular formula is C13H25N3O. The largest absolute Gasteiger partial charge is 0.493 e. The van der Waals surface area contributed by atoms with Crippen LogP contribution in [0.25, 0.3) is 0 Å². The molecule has 1 heterocycles. The summed E-state index contributed by atoms with van der Waals surface area (Å²) in [5.41, 5.74) is 1.22. The van der Waals surface area contributed by atoms with Gasteiger partial charge in [0.1, 0.15) is 0 Å². The minimum absolute atomic E-state index is 0.594. The van der Waals surface area contributed by atoms with Crippen molar-refractivity contribution < 1.29 is 4.74 Å². The van der Waals surface area contributed by atoms with Crippen LogP contribution in [0.4, 0.5) is 0 Å². The van der Waals surface area contributed by atoms with Crippen molar-refractivity contribution in [3.8, 4) is 5.75 Å². The van der Waals surface area contributed by atoms with Gasteiger partial charge in [-0.2, -0.15) is 5.10 Å². The number of hydrogen-bond donors (Lipinski definition) is 1. The fourth-order valence-corrected chi connectivity index (χ4v) is 1.97. The number of nitrogens with one attached hydrogen (secondary N) is 1. The van der Waals surface area contributed by atoms with E-state index in [1.165, 1.54) is 5.69 Å². The average molecular weight is 239 g/mol. The lowest BCUT2D eigenvalue weighted by atomic mass is 10.1. The Balaban J connectivity index is 2.68. The van der Waals surface area contributed by atoms with E-state index in [0.717, 1.165) is 38.2 Å². The van der Waals surface area contributed by atoms with E-state index in [1.807, 2.05) is 6.20 Å². The first-order valence-corrected chi connectivity index (χ1v) is 6.52. The summed E-state index contributed by atoms with van der Waals surface area (Å²) >= 11 is 0. The van der Waals surface area contributed by atoms with E-state index in [1.54, 1.807) is 7.11 Å². The minimum Gasteiger partial charge on any atom is -0.493 e. The summed E-state index contributed by atoms with van der Waals surface area (Å²) in [5.74, 6) is 1.51. The van der Waals surface area contributed by atoms with Gasteiger partial charge in [0.05, 0.1) is 19.0 Å². The Morgan fingerprint density at radius 2 is 2.24 bits per heavy atom. The Bertz CT molecular complexity index is 322. The van der Waals surface area contributed by atoms with E-state index in [0.29, 0.717) is 5.92 Å². The molecule has 1 aromatic rings. The molecule has 1 rings (SSSR count). The molecule has 0 saturated carbocycles. The van der Waals surface area contributed by atoms with Gasteiger partial charge in [0.2, 0.25) is 0 Å². The number of methoxy groups -OCH3 is 1. The Morgan fingerprint density at radius 1 is 1.47 bits per heavy atom. The van der Waals surface area contributed by atoms with Gasteiger partial charge in [-0.15, -0.1) is 0 Å². The van der Waals surface area contributed by atoms with Crippen molar-refractivity contribution in [1.82, 2.24) is 15.1 Å². The lowest BCUT2D eigenvalue weighted by Gasteiger charge is -2.14. The maximum atomic E-state index is 5.37. The molecule has 1 aromatic heterocycles. The Labute approximate surface area is 104 Å². The van der Waals surface area contributed by atoms with Gasteiger partial charge in [-0.1, -0.05) is 20.8 Å². The van der Waals surface area contributed by atoms with Crippen molar-refractivity contribution in [1.29, 1.82) is 0 Å². The van der Waals surface area contributed by atoms with E-state index in [4.69, 9.17) is 4.74 Å². The summed E-state index contributed by atoms with van der Waals surface area (Å²) in [6, 6.07) is 0.